The summed E-state index contributed by atoms with van der Waals surface area (Å²) < 4.78 is 2.00. The number of pyridine rings is 1. The summed E-state index contributed by atoms with van der Waals surface area (Å²) >= 11 is 0. The molecule has 0 radical (unpaired) electrons. The normalized spacial score (nSPS) is 14.2. The Kier molecular flexibility index (Phi) is 4.70. The van der Waals surface area contributed by atoms with Crippen molar-refractivity contribution in [3.8, 4) is 5.69 Å². The van der Waals surface area contributed by atoms with E-state index in [0.717, 1.165) is 5.69 Å². The third-order valence-electron chi connectivity index (χ3n) is 4.75. The van der Waals surface area contributed by atoms with E-state index in [0.29, 0.717) is 37.4 Å². The van der Waals surface area contributed by atoms with Crippen LogP contribution in [0.15, 0.2) is 73.2 Å². The number of amides is 2. The summed E-state index contributed by atoms with van der Waals surface area (Å²) in [6, 6.07) is 16.8. The number of hydrogen-bond acceptors (Lipinski definition) is 3. The Hall–Kier alpha value is -3.41. The SMILES string of the molecule is O=C(c1ccc(-n2cccc2)cc1)N1CCN(C(=O)c2ccccn2)CC1. The molecular weight excluding hydrogens is 340 g/mol. The third-order valence-corrected chi connectivity index (χ3v) is 4.75. The van der Waals surface area contributed by atoms with Crippen LogP contribution in [0.2, 0.25) is 0 Å². The molecule has 2 aromatic heterocycles. The number of carbonyl (C=O) groups excluding carboxylic acids is 2. The van der Waals surface area contributed by atoms with E-state index in [-0.39, 0.29) is 11.8 Å². The van der Waals surface area contributed by atoms with Gasteiger partial charge in [0.05, 0.1) is 0 Å². The lowest BCUT2D eigenvalue weighted by Gasteiger charge is -2.34. The quantitative estimate of drug-likeness (QED) is 0.721. The minimum Gasteiger partial charge on any atom is -0.335 e. The maximum Gasteiger partial charge on any atom is 0.272 e. The predicted molar refractivity (Wildman–Crippen MR) is 102 cm³/mol. The fourth-order valence-electron chi connectivity index (χ4n) is 3.23. The zero-order valence-corrected chi connectivity index (χ0v) is 14.9. The Morgan fingerprint density at radius 1 is 0.741 bits per heavy atom. The van der Waals surface area contributed by atoms with E-state index in [1.54, 1.807) is 34.2 Å². The van der Waals surface area contributed by atoms with Crippen LogP contribution < -0.4 is 0 Å². The van der Waals surface area contributed by atoms with E-state index in [9.17, 15) is 9.59 Å². The van der Waals surface area contributed by atoms with Gasteiger partial charge in [-0.15, -0.1) is 0 Å². The molecule has 1 aliphatic rings. The van der Waals surface area contributed by atoms with Gasteiger partial charge in [0.25, 0.3) is 11.8 Å². The molecule has 0 unspecified atom stereocenters. The Bertz CT molecular complexity index is 913. The van der Waals surface area contributed by atoms with Crippen molar-refractivity contribution in [1.29, 1.82) is 0 Å². The maximum atomic E-state index is 12.7. The van der Waals surface area contributed by atoms with Gasteiger partial charge in [0.15, 0.2) is 0 Å². The second kappa shape index (κ2) is 7.45. The van der Waals surface area contributed by atoms with Crippen LogP contribution in [0.25, 0.3) is 5.69 Å². The molecule has 0 N–H and O–H groups in total. The highest BCUT2D eigenvalue weighted by Gasteiger charge is 2.25. The second-order valence-corrected chi connectivity index (χ2v) is 6.44. The summed E-state index contributed by atoms with van der Waals surface area (Å²) in [6.45, 7) is 2.08. The fourth-order valence-corrected chi connectivity index (χ4v) is 3.23. The third kappa shape index (κ3) is 3.60. The van der Waals surface area contributed by atoms with Gasteiger partial charge < -0.3 is 14.4 Å². The van der Waals surface area contributed by atoms with E-state index in [2.05, 4.69) is 4.98 Å². The first-order valence-electron chi connectivity index (χ1n) is 8.95. The Labute approximate surface area is 157 Å². The van der Waals surface area contributed by atoms with E-state index in [1.165, 1.54) is 0 Å². The summed E-state index contributed by atoms with van der Waals surface area (Å²) in [4.78, 5) is 32.9. The number of aromatic nitrogens is 2. The Morgan fingerprint density at radius 2 is 1.37 bits per heavy atom. The molecule has 0 saturated carbocycles. The van der Waals surface area contributed by atoms with Crippen LogP contribution in [0.4, 0.5) is 0 Å². The second-order valence-electron chi connectivity index (χ2n) is 6.44. The molecule has 0 atom stereocenters. The van der Waals surface area contributed by atoms with Crippen LogP contribution in [0, 0.1) is 0 Å². The van der Waals surface area contributed by atoms with Gasteiger partial charge in [-0.25, -0.2) is 0 Å². The van der Waals surface area contributed by atoms with Crippen LogP contribution in [-0.2, 0) is 0 Å². The average Bonchev–Trinajstić information content (AvgIpc) is 3.28. The van der Waals surface area contributed by atoms with Crippen molar-refractivity contribution in [3.63, 3.8) is 0 Å². The number of benzene rings is 1. The Balaban J connectivity index is 1.38. The minimum atomic E-state index is -0.0845. The van der Waals surface area contributed by atoms with Gasteiger partial charge in [-0.05, 0) is 48.5 Å². The topological polar surface area (TPSA) is 58.4 Å². The van der Waals surface area contributed by atoms with Gasteiger partial charge in [0.2, 0.25) is 0 Å². The van der Waals surface area contributed by atoms with Crippen LogP contribution in [0.5, 0.6) is 0 Å². The smallest absolute Gasteiger partial charge is 0.272 e. The number of piperazine rings is 1. The monoisotopic (exact) mass is 360 g/mol. The molecule has 1 saturated heterocycles. The van der Waals surface area contributed by atoms with Crippen molar-refractivity contribution in [3.05, 3.63) is 84.4 Å². The Morgan fingerprint density at radius 3 is 1.96 bits per heavy atom. The fraction of sp³-hybridized carbons (Fsp3) is 0.190. The summed E-state index contributed by atoms with van der Waals surface area (Å²) in [5.74, 6) is -0.0854. The maximum absolute atomic E-state index is 12.7. The van der Waals surface area contributed by atoms with Crippen molar-refractivity contribution in [2.75, 3.05) is 26.2 Å². The molecule has 2 amide bonds. The largest absolute Gasteiger partial charge is 0.335 e. The lowest BCUT2D eigenvalue weighted by Crippen LogP contribution is -2.50. The van der Waals surface area contributed by atoms with Crippen LogP contribution in [0.3, 0.4) is 0 Å². The molecule has 27 heavy (non-hydrogen) atoms. The first-order chi connectivity index (χ1) is 13.2. The number of hydrogen-bond donors (Lipinski definition) is 0. The van der Waals surface area contributed by atoms with Gasteiger partial charge in [-0.2, -0.15) is 0 Å². The lowest BCUT2D eigenvalue weighted by molar-refractivity contribution is 0.0532. The van der Waals surface area contributed by atoms with Crippen molar-refractivity contribution in [2.24, 2.45) is 0 Å². The van der Waals surface area contributed by atoms with Gasteiger partial charge in [-0.3, -0.25) is 14.6 Å². The molecule has 1 aromatic carbocycles. The van der Waals surface area contributed by atoms with Crippen molar-refractivity contribution in [1.82, 2.24) is 19.4 Å². The molecular formula is C21H20N4O2. The van der Waals surface area contributed by atoms with Crippen LogP contribution in [0.1, 0.15) is 20.8 Å². The molecule has 136 valence electrons. The van der Waals surface area contributed by atoms with E-state index >= 15 is 0 Å². The predicted octanol–water partition coefficient (Wildman–Crippen LogP) is 2.47. The van der Waals surface area contributed by atoms with Gasteiger partial charge in [0, 0.05) is 56.0 Å². The molecule has 4 rings (SSSR count). The van der Waals surface area contributed by atoms with Crippen molar-refractivity contribution >= 4 is 11.8 Å². The highest BCUT2D eigenvalue weighted by molar-refractivity contribution is 5.95. The summed E-state index contributed by atoms with van der Waals surface area (Å²) in [7, 11) is 0. The number of rotatable bonds is 3. The zero-order valence-electron chi connectivity index (χ0n) is 14.9. The summed E-state index contributed by atoms with van der Waals surface area (Å²) in [6.07, 6.45) is 5.55. The standard InChI is InChI=1S/C21H20N4O2/c26-20(17-6-8-18(9-7-17)23-11-3-4-12-23)24-13-15-25(16-14-24)21(27)19-5-1-2-10-22-19/h1-12H,13-16H2. The van der Waals surface area contributed by atoms with Crippen molar-refractivity contribution in [2.45, 2.75) is 0 Å². The summed E-state index contributed by atoms with van der Waals surface area (Å²) in [5, 5.41) is 0. The zero-order chi connectivity index (χ0) is 18.6. The molecule has 3 aromatic rings. The highest BCUT2D eigenvalue weighted by atomic mass is 16.2. The summed E-state index contributed by atoms with van der Waals surface area (Å²) in [5.41, 5.74) is 2.12. The van der Waals surface area contributed by atoms with Crippen LogP contribution in [-0.4, -0.2) is 57.3 Å². The molecule has 1 aliphatic heterocycles. The van der Waals surface area contributed by atoms with Crippen molar-refractivity contribution < 1.29 is 9.59 Å². The molecule has 0 spiro atoms. The van der Waals surface area contributed by atoms with Gasteiger partial charge >= 0.3 is 0 Å². The first-order valence-corrected chi connectivity index (χ1v) is 8.95. The highest BCUT2D eigenvalue weighted by Crippen LogP contribution is 2.14. The lowest BCUT2D eigenvalue weighted by atomic mass is 10.1. The van der Waals surface area contributed by atoms with Gasteiger partial charge in [0.1, 0.15) is 5.69 Å². The molecule has 6 heteroatoms. The number of nitrogens with zero attached hydrogens (tertiary/aromatic N) is 4. The van der Waals surface area contributed by atoms with E-state index in [1.807, 2.05) is 53.4 Å². The molecule has 1 fully saturated rings. The van der Waals surface area contributed by atoms with Crippen LogP contribution >= 0.6 is 0 Å². The van der Waals surface area contributed by atoms with E-state index < -0.39 is 0 Å². The van der Waals surface area contributed by atoms with Gasteiger partial charge in [-0.1, -0.05) is 6.07 Å². The molecule has 0 aliphatic carbocycles. The average molecular weight is 360 g/mol. The first kappa shape index (κ1) is 17.0. The molecule has 3 heterocycles. The molecule has 6 nitrogen and oxygen atoms in total. The minimum absolute atomic E-state index is 0.000934. The molecule has 0 bridgehead atoms. The number of carbonyl (C=O) groups is 2. The van der Waals surface area contributed by atoms with E-state index in [4.69, 9.17) is 0 Å².